The Hall–Kier alpha value is -0.980. The predicted octanol–water partition coefficient (Wildman–Crippen LogP) is -0.446. The van der Waals surface area contributed by atoms with Gasteiger partial charge >= 0.3 is 0 Å². The number of pyridine rings is 1. The van der Waals surface area contributed by atoms with E-state index in [9.17, 15) is 8.42 Å². The highest BCUT2D eigenvalue weighted by Gasteiger charge is 2.34. The lowest BCUT2D eigenvalue weighted by molar-refractivity contribution is 0.176. The number of hydrogen-bond donors (Lipinski definition) is 1. The molecular weight excluding hydrogens is 214 g/mol. The number of nitrogens with zero attached hydrogens (tertiary/aromatic N) is 2. The van der Waals surface area contributed by atoms with Crippen molar-refractivity contribution in [2.45, 2.75) is 11.8 Å². The van der Waals surface area contributed by atoms with E-state index in [-0.39, 0.29) is 0 Å². The summed E-state index contributed by atoms with van der Waals surface area (Å²) in [5.74, 6) is 0. The summed E-state index contributed by atoms with van der Waals surface area (Å²) < 4.78 is 21.9. The van der Waals surface area contributed by atoms with Gasteiger partial charge in [-0.3, -0.25) is 9.88 Å². The molecule has 0 atom stereocenters. The topological polar surface area (TPSA) is 76.3 Å². The lowest BCUT2D eigenvalue weighted by atomic mass is 10.2. The molecule has 0 bridgehead atoms. The zero-order valence-corrected chi connectivity index (χ0v) is 9.02. The van der Waals surface area contributed by atoms with Crippen LogP contribution in [-0.2, 0) is 16.6 Å². The van der Waals surface area contributed by atoms with Crippen molar-refractivity contribution in [1.82, 2.24) is 9.88 Å². The Morgan fingerprint density at radius 2 is 2.27 bits per heavy atom. The SMILES string of the molecule is NS(=O)(=O)C1CN(Cc2cccnc2)C1. The molecule has 0 unspecified atom stereocenters. The first-order valence-electron chi connectivity index (χ1n) is 4.68. The molecule has 1 fully saturated rings. The Morgan fingerprint density at radius 3 is 2.80 bits per heavy atom. The third-order valence-corrected chi connectivity index (χ3v) is 3.74. The molecule has 1 aliphatic heterocycles. The molecule has 0 spiro atoms. The molecule has 0 amide bonds. The molecule has 0 radical (unpaired) electrons. The van der Waals surface area contributed by atoms with Crippen LogP contribution in [0.5, 0.6) is 0 Å². The molecular formula is C9H13N3O2S. The normalized spacial score (nSPS) is 18.7. The van der Waals surface area contributed by atoms with Crippen molar-refractivity contribution >= 4 is 10.0 Å². The number of primary sulfonamides is 1. The number of nitrogens with two attached hydrogens (primary N) is 1. The average molecular weight is 227 g/mol. The first-order chi connectivity index (χ1) is 7.05. The van der Waals surface area contributed by atoms with Gasteiger partial charge in [0.1, 0.15) is 5.25 Å². The number of rotatable bonds is 3. The number of likely N-dealkylation sites (tertiary alicyclic amines) is 1. The predicted molar refractivity (Wildman–Crippen MR) is 56.4 cm³/mol. The van der Waals surface area contributed by atoms with E-state index in [4.69, 9.17) is 5.14 Å². The van der Waals surface area contributed by atoms with E-state index in [1.54, 1.807) is 12.4 Å². The second-order valence-corrected chi connectivity index (χ2v) is 5.61. The van der Waals surface area contributed by atoms with Crippen LogP contribution in [0.25, 0.3) is 0 Å². The van der Waals surface area contributed by atoms with Gasteiger partial charge in [-0.25, -0.2) is 13.6 Å². The molecule has 5 nitrogen and oxygen atoms in total. The van der Waals surface area contributed by atoms with Crippen LogP contribution in [0.3, 0.4) is 0 Å². The Morgan fingerprint density at radius 1 is 1.53 bits per heavy atom. The second-order valence-electron chi connectivity index (χ2n) is 3.77. The minimum Gasteiger partial charge on any atom is -0.296 e. The van der Waals surface area contributed by atoms with Gasteiger partial charge < -0.3 is 0 Å². The molecule has 0 aliphatic carbocycles. The standard InChI is InChI=1S/C9H13N3O2S/c10-15(13,14)9-6-12(7-9)5-8-2-1-3-11-4-8/h1-4,9H,5-7H2,(H2,10,13,14). The molecule has 2 heterocycles. The van der Waals surface area contributed by atoms with Crippen molar-refractivity contribution in [3.8, 4) is 0 Å². The van der Waals surface area contributed by atoms with Gasteiger partial charge in [0.05, 0.1) is 0 Å². The minimum atomic E-state index is -3.35. The van der Waals surface area contributed by atoms with E-state index in [1.165, 1.54) is 0 Å². The summed E-state index contributed by atoms with van der Waals surface area (Å²) in [6, 6.07) is 3.84. The Balaban J connectivity index is 1.87. The number of sulfonamides is 1. The second kappa shape index (κ2) is 3.88. The Kier molecular flexibility index (Phi) is 2.72. The quantitative estimate of drug-likeness (QED) is 0.759. The molecule has 0 saturated carbocycles. The first kappa shape index (κ1) is 10.5. The molecule has 1 aromatic heterocycles. The van der Waals surface area contributed by atoms with Gasteiger partial charge in [-0.05, 0) is 11.6 Å². The van der Waals surface area contributed by atoms with E-state index >= 15 is 0 Å². The van der Waals surface area contributed by atoms with Gasteiger partial charge in [0.2, 0.25) is 10.0 Å². The van der Waals surface area contributed by atoms with Crippen molar-refractivity contribution < 1.29 is 8.42 Å². The summed E-state index contributed by atoms with van der Waals surface area (Å²) in [6.45, 7) is 1.78. The van der Waals surface area contributed by atoms with Crippen molar-refractivity contribution in [2.24, 2.45) is 5.14 Å². The van der Waals surface area contributed by atoms with Gasteiger partial charge in [0, 0.05) is 32.0 Å². The zero-order chi connectivity index (χ0) is 10.9. The summed E-state index contributed by atoms with van der Waals surface area (Å²) in [7, 11) is -3.35. The molecule has 0 aromatic carbocycles. The van der Waals surface area contributed by atoms with Crippen LogP contribution in [0.1, 0.15) is 5.56 Å². The van der Waals surface area contributed by atoms with Crippen molar-refractivity contribution in [1.29, 1.82) is 0 Å². The Bertz CT molecular complexity index is 426. The first-order valence-corrected chi connectivity index (χ1v) is 6.29. The van der Waals surface area contributed by atoms with Gasteiger partial charge in [-0.2, -0.15) is 0 Å². The van der Waals surface area contributed by atoms with Gasteiger partial charge in [-0.1, -0.05) is 6.07 Å². The van der Waals surface area contributed by atoms with Crippen LogP contribution in [0.2, 0.25) is 0 Å². The molecule has 2 N–H and O–H groups in total. The largest absolute Gasteiger partial charge is 0.296 e. The lowest BCUT2D eigenvalue weighted by Crippen LogP contribution is -2.55. The summed E-state index contributed by atoms with van der Waals surface area (Å²) in [5, 5.41) is 4.64. The van der Waals surface area contributed by atoms with Crippen molar-refractivity contribution in [2.75, 3.05) is 13.1 Å². The monoisotopic (exact) mass is 227 g/mol. The summed E-state index contributed by atoms with van der Waals surface area (Å²) in [6.07, 6.45) is 3.50. The van der Waals surface area contributed by atoms with E-state index in [0.717, 1.165) is 12.1 Å². The fourth-order valence-electron chi connectivity index (χ4n) is 1.61. The van der Waals surface area contributed by atoms with Crippen LogP contribution >= 0.6 is 0 Å². The third-order valence-electron chi connectivity index (χ3n) is 2.52. The van der Waals surface area contributed by atoms with Gasteiger partial charge in [-0.15, -0.1) is 0 Å². The minimum absolute atomic E-state index is 0.394. The van der Waals surface area contributed by atoms with Crippen LogP contribution in [0.15, 0.2) is 24.5 Å². The van der Waals surface area contributed by atoms with Crippen molar-refractivity contribution in [3.63, 3.8) is 0 Å². The molecule has 6 heteroatoms. The fourth-order valence-corrected chi connectivity index (χ4v) is 2.45. The van der Waals surface area contributed by atoms with Crippen LogP contribution in [0, 0.1) is 0 Å². The number of hydrogen-bond acceptors (Lipinski definition) is 4. The van der Waals surface area contributed by atoms with E-state index < -0.39 is 15.3 Å². The van der Waals surface area contributed by atoms with Crippen LogP contribution < -0.4 is 5.14 Å². The maximum atomic E-state index is 11.0. The Labute approximate surface area is 89.0 Å². The average Bonchev–Trinajstić information content (AvgIpc) is 2.10. The highest BCUT2D eigenvalue weighted by Crippen LogP contribution is 2.16. The van der Waals surface area contributed by atoms with Crippen LogP contribution in [0.4, 0.5) is 0 Å². The van der Waals surface area contributed by atoms with E-state index in [1.807, 2.05) is 17.0 Å². The maximum absolute atomic E-state index is 11.0. The lowest BCUT2D eigenvalue weighted by Gasteiger charge is -2.37. The van der Waals surface area contributed by atoms with Crippen LogP contribution in [-0.4, -0.2) is 36.6 Å². The van der Waals surface area contributed by atoms with E-state index in [2.05, 4.69) is 4.98 Å². The molecule has 2 rings (SSSR count). The highest BCUT2D eigenvalue weighted by atomic mass is 32.2. The molecule has 1 aromatic rings. The molecule has 1 aliphatic rings. The molecule has 15 heavy (non-hydrogen) atoms. The fraction of sp³-hybridized carbons (Fsp3) is 0.444. The molecule has 82 valence electrons. The summed E-state index contributed by atoms with van der Waals surface area (Å²) in [4.78, 5) is 6.03. The third kappa shape index (κ3) is 2.53. The smallest absolute Gasteiger partial charge is 0.214 e. The van der Waals surface area contributed by atoms with Crippen molar-refractivity contribution in [3.05, 3.63) is 30.1 Å². The number of aromatic nitrogens is 1. The summed E-state index contributed by atoms with van der Waals surface area (Å²) in [5.41, 5.74) is 1.09. The van der Waals surface area contributed by atoms with Gasteiger partial charge in [0.15, 0.2) is 0 Å². The summed E-state index contributed by atoms with van der Waals surface area (Å²) >= 11 is 0. The molecule has 1 saturated heterocycles. The maximum Gasteiger partial charge on any atom is 0.214 e. The van der Waals surface area contributed by atoms with E-state index in [0.29, 0.717) is 13.1 Å². The highest BCUT2D eigenvalue weighted by molar-refractivity contribution is 7.89. The zero-order valence-electron chi connectivity index (χ0n) is 8.20. The van der Waals surface area contributed by atoms with Gasteiger partial charge in [0.25, 0.3) is 0 Å².